The van der Waals surface area contributed by atoms with Crippen LogP contribution in [0.3, 0.4) is 0 Å². The van der Waals surface area contributed by atoms with Crippen molar-refractivity contribution in [3.8, 4) is 0 Å². The van der Waals surface area contributed by atoms with Crippen molar-refractivity contribution in [1.29, 1.82) is 0 Å². The molecule has 1 aromatic carbocycles. The summed E-state index contributed by atoms with van der Waals surface area (Å²) in [6.45, 7) is 4.06. The van der Waals surface area contributed by atoms with E-state index >= 15 is 0 Å². The summed E-state index contributed by atoms with van der Waals surface area (Å²) in [5.74, 6) is -0.646. The molecular weight excluding hydrogens is 346 g/mol. The molecule has 27 heavy (non-hydrogen) atoms. The largest absolute Gasteiger partial charge is 0.325 e. The summed E-state index contributed by atoms with van der Waals surface area (Å²) in [4.78, 5) is 52.2. The maximum Gasteiger partial charge on any atom is 0.325 e. The van der Waals surface area contributed by atoms with Crippen molar-refractivity contribution in [2.24, 2.45) is 0 Å². The van der Waals surface area contributed by atoms with Crippen LogP contribution in [0.5, 0.6) is 0 Å². The van der Waals surface area contributed by atoms with Gasteiger partial charge in [-0.1, -0.05) is 31.9 Å². The number of carbonyl (C=O) groups excluding carboxylic acids is 4. The lowest BCUT2D eigenvalue weighted by Gasteiger charge is -2.21. The molecule has 2 aliphatic heterocycles. The third kappa shape index (κ3) is 3.72. The van der Waals surface area contributed by atoms with Crippen LogP contribution < -0.4 is 10.2 Å². The Balaban J connectivity index is 1.73. The summed E-state index contributed by atoms with van der Waals surface area (Å²) in [6, 6.07) is 6.26. The Labute approximate surface area is 158 Å². The molecule has 0 radical (unpaired) electrons. The van der Waals surface area contributed by atoms with Crippen LogP contribution in [0.4, 0.5) is 10.5 Å². The molecule has 0 aliphatic carbocycles. The Morgan fingerprint density at radius 3 is 2.70 bits per heavy atom. The summed E-state index contributed by atoms with van der Waals surface area (Å²) >= 11 is 0. The van der Waals surface area contributed by atoms with Crippen LogP contribution in [-0.2, 0) is 9.59 Å². The minimum atomic E-state index is -0.947. The van der Waals surface area contributed by atoms with E-state index in [0.717, 1.165) is 24.2 Å². The van der Waals surface area contributed by atoms with Gasteiger partial charge in [0.25, 0.3) is 5.91 Å². The first-order valence-electron chi connectivity index (χ1n) is 9.43. The van der Waals surface area contributed by atoms with Crippen molar-refractivity contribution in [1.82, 2.24) is 10.2 Å². The molecule has 2 aliphatic rings. The lowest BCUT2D eigenvalue weighted by molar-refractivity contribution is -0.130. The summed E-state index contributed by atoms with van der Waals surface area (Å²) in [7, 11) is 0. The van der Waals surface area contributed by atoms with Crippen molar-refractivity contribution < 1.29 is 19.2 Å². The lowest BCUT2D eigenvalue weighted by atomic mass is 9.95. The number of unbranched alkanes of at least 4 members (excludes halogenated alkanes) is 1. The summed E-state index contributed by atoms with van der Waals surface area (Å²) in [6.07, 6.45) is 3.59. The lowest BCUT2D eigenvalue weighted by Crippen LogP contribution is -2.44. The molecule has 1 aromatic rings. The van der Waals surface area contributed by atoms with Gasteiger partial charge in [0.05, 0.1) is 6.54 Å². The Morgan fingerprint density at radius 1 is 1.26 bits per heavy atom. The first kappa shape index (κ1) is 19.1. The van der Waals surface area contributed by atoms with Crippen molar-refractivity contribution >= 4 is 29.3 Å². The molecule has 1 N–H and O–H groups in total. The fraction of sp³-hybridized carbons (Fsp3) is 0.500. The fourth-order valence-corrected chi connectivity index (χ4v) is 3.59. The van der Waals surface area contributed by atoms with E-state index < -0.39 is 11.6 Å². The predicted molar refractivity (Wildman–Crippen MR) is 101 cm³/mol. The van der Waals surface area contributed by atoms with Gasteiger partial charge in [0.2, 0.25) is 5.91 Å². The zero-order valence-electron chi connectivity index (χ0n) is 15.8. The van der Waals surface area contributed by atoms with Gasteiger partial charge in [-0.15, -0.1) is 0 Å². The van der Waals surface area contributed by atoms with Crippen molar-refractivity contribution in [2.75, 3.05) is 18.0 Å². The monoisotopic (exact) mass is 371 g/mol. The SMILES string of the molecule is CCCC[C@]1(C)NC(=O)N(CC(=O)c2cccc(N3CCCC3=O)c2)C1=O. The molecule has 1 atom stereocenters. The van der Waals surface area contributed by atoms with E-state index in [2.05, 4.69) is 5.32 Å². The highest BCUT2D eigenvalue weighted by Gasteiger charge is 2.47. The van der Waals surface area contributed by atoms with Gasteiger partial charge in [-0.05, 0) is 31.9 Å². The Hall–Kier alpha value is -2.70. The minimum Gasteiger partial charge on any atom is -0.323 e. The van der Waals surface area contributed by atoms with E-state index in [0.29, 0.717) is 30.6 Å². The Bertz CT molecular complexity index is 791. The second-order valence-corrected chi connectivity index (χ2v) is 7.38. The Kier molecular flexibility index (Phi) is 5.30. The number of anilines is 1. The highest BCUT2D eigenvalue weighted by molar-refractivity contribution is 6.11. The summed E-state index contributed by atoms with van der Waals surface area (Å²) < 4.78 is 0. The summed E-state index contributed by atoms with van der Waals surface area (Å²) in [5.41, 5.74) is 0.111. The van der Waals surface area contributed by atoms with E-state index in [1.54, 1.807) is 36.1 Å². The smallest absolute Gasteiger partial charge is 0.323 e. The Morgan fingerprint density at radius 2 is 2.04 bits per heavy atom. The second kappa shape index (κ2) is 7.50. The maximum absolute atomic E-state index is 12.7. The molecule has 144 valence electrons. The highest BCUT2D eigenvalue weighted by atomic mass is 16.2. The third-order valence-electron chi connectivity index (χ3n) is 5.23. The van der Waals surface area contributed by atoms with Gasteiger partial charge in [-0.25, -0.2) is 4.79 Å². The first-order valence-corrected chi connectivity index (χ1v) is 9.43. The number of carbonyl (C=O) groups is 4. The summed E-state index contributed by atoms with van der Waals surface area (Å²) in [5, 5.41) is 2.72. The van der Waals surface area contributed by atoms with Crippen molar-refractivity contribution in [3.63, 3.8) is 0 Å². The van der Waals surface area contributed by atoms with Crippen LogP contribution in [0, 0.1) is 0 Å². The average molecular weight is 371 g/mol. The van der Waals surface area contributed by atoms with Crippen molar-refractivity contribution in [2.45, 2.75) is 51.5 Å². The highest BCUT2D eigenvalue weighted by Crippen LogP contribution is 2.25. The zero-order valence-corrected chi connectivity index (χ0v) is 15.8. The molecule has 0 bridgehead atoms. The molecule has 0 spiro atoms. The molecule has 0 aromatic heterocycles. The fourth-order valence-electron chi connectivity index (χ4n) is 3.59. The maximum atomic E-state index is 12.7. The number of benzene rings is 1. The third-order valence-corrected chi connectivity index (χ3v) is 5.23. The van der Waals surface area contributed by atoms with Crippen LogP contribution >= 0.6 is 0 Å². The van der Waals surface area contributed by atoms with Gasteiger partial charge in [0.15, 0.2) is 5.78 Å². The number of imide groups is 1. The normalized spacial score (nSPS) is 22.5. The van der Waals surface area contributed by atoms with E-state index in [1.165, 1.54) is 0 Å². The average Bonchev–Trinajstić information content (AvgIpc) is 3.17. The van der Waals surface area contributed by atoms with E-state index in [-0.39, 0.29) is 24.1 Å². The molecule has 7 nitrogen and oxygen atoms in total. The molecule has 2 heterocycles. The molecular formula is C20H25N3O4. The number of amides is 4. The van der Waals surface area contributed by atoms with Gasteiger partial charge < -0.3 is 10.2 Å². The predicted octanol–water partition coefficient (Wildman–Crippen LogP) is 2.50. The number of urea groups is 1. The van der Waals surface area contributed by atoms with Crippen LogP contribution in [-0.4, -0.2) is 47.2 Å². The number of ketones is 1. The number of rotatable bonds is 7. The van der Waals surface area contributed by atoms with Gasteiger partial charge >= 0.3 is 6.03 Å². The number of hydrogen-bond donors (Lipinski definition) is 1. The molecule has 2 saturated heterocycles. The van der Waals surface area contributed by atoms with Crippen molar-refractivity contribution in [3.05, 3.63) is 29.8 Å². The van der Waals surface area contributed by atoms with Gasteiger partial charge in [-0.3, -0.25) is 19.3 Å². The molecule has 0 unspecified atom stereocenters. The zero-order chi connectivity index (χ0) is 19.6. The van der Waals surface area contributed by atoms with Crippen LogP contribution in [0.1, 0.15) is 56.3 Å². The topological polar surface area (TPSA) is 86.8 Å². The molecule has 7 heteroatoms. The van der Waals surface area contributed by atoms with Gasteiger partial charge in [0.1, 0.15) is 5.54 Å². The number of nitrogens with zero attached hydrogens (tertiary/aromatic N) is 2. The van der Waals surface area contributed by atoms with Crippen LogP contribution in [0.15, 0.2) is 24.3 Å². The number of hydrogen-bond acceptors (Lipinski definition) is 4. The minimum absolute atomic E-state index is 0.0420. The van der Waals surface area contributed by atoms with E-state index in [9.17, 15) is 19.2 Å². The molecule has 2 fully saturated rings. The van der Waals surface area contributed by atoms with Crippen LogP contribution in [0.25, 0.3) is 0 Å². The standard InChI is InChI=1S/C20H25N3O4/c1-3-4-10-20(2)18(26)23(19(27)21-20)13-16(24)14-7-5-8-15(12-14)22-11-6-9-17(22)25/h5,7-8,12H,3-4,6,9-11,13H2,1-2H3,(H,21,27)/t20-/m0/s1. The number of Topliss-reactive ketones (excluding diaryl/α,β-unsaturated/α-hetero) is 1. The first-order chi connectivity index (χ1) is 12.9. The molecule has 4 amide bonds. The molecule has 3 rings (SSSR count). The molecule has 0 saturated carbocycles. The van der Waals surface area contributed by atoms with Gasteiger partial charge in [-0.2, -0.15) is 0 Å². The second-order valence-electron chi connectivity index (χ2n) is 7.38. The quantitative estimate of drug-likeness (QED) is 0.589. The number of nitrogens with one attached hydrogen (secondary N) is 1. The van der Waals surface area contributed by atoms with Crippen LogP contribution in [0.2, 0.25) is 0 Å². The van der Waals surface area contributed by atoms with Gasteiger partial charge in [0, 0.05) is 24.2 Å². The van der Waals surface area contributed by atoms with E-state index in [4.69, 9.17) is 0 Å². The van der Waals surface area contributed by atoms with E-state index in [1.807, 2.05) is 6.92 Å².